The lowest BCUT2D eigenvalue weighted by atomic mass is 9.98. The number of hydrogen-bond acceptors (Lipinski definition) is 5. The van der Waals surface area contributed by atoms with Gasteiger partial charge in [0.15, 0.2) is 5.15 Å². The van der Waals surface area contributed by atoms with E-state index in [2.05, 4.69) is 41.8 Å². The molecule has 0 saturated heterocycles. The van der Waals surface area contributed by atoms with Crippen molar-refractivity contribution in [2.24, 2.45) is 11.8 Å². The number of hydrogen-bond donors (Lipinski definition) is 4. The fourth-order valence-corrected chi connectivity index (χ4v) is 3.99. The highest BCUT2D eigenvalue weighted by Crippen LogP contribution is 2.24. The zero-order valence-electron chi connectivity index (χ0n) is 21.1. The minimum absolute atomic E-state index is 0.0135. The molecule has 7 nitrogen and oxygen atoms in total. The fourth-order valence-electron chi connectivity index (χ4n) is 3.48. The second-order valence-electron chi connectivity index (χ2n) is 8.75. The zero-order chi connectivity index (χ0) is 27.4. The standard InChI is InChI=1S/C14H24ClN3O2S.C13H9FO2/c1-4-5-20-14-17-11(12(15)18-14)7-16-13(19)10(8-21)6-9(2)3;14-10-5-3-4-9(8-10)11-6-1-2-7-12(11)13(15)16/h9-10,21H,4-8H2,1-3H3,(H,16,19)(H,17,18);1-8H,(H,15,16)/t10-;/m1./s1. The summed E-state index contributed by atoms with van der Waals surface area (Å²) in [6.45, 7) is 7.08. The summed E-state index contributed by atoms with van der Waals surface area (Å²) in [6, 6.07) is 12.8. The van der Waals surface area contributed by atoms with Crippen LogP contribution in [-0.4, -0.2) is 39.3 Å². The molecule has 1 aromatic heterocycles. The number of halogens is 2. The molecular weight excluding hydrogens is 517 g/mol. The number of carboxylic acid groups (broad SMARTS) is 1. The molecule has 3 N–H and O–H groups in total. The summed E-state index contributed by atoms with van der Waals surface area (Å²) in [5, 5.41) is 12.2. The summed E-state index contributed by atoms with van der Waals surface area (Å²) >= 11 is 10.3. The van der Waals surface area contributed by atoms with Crippen LogP contribution in [0.5, 0.6) is 6.01 Å². The van der Waals surface area contributed by atoms with E-state index in [9.17, 15) is 14.0 Å². The highest BCUT2D eigenvalue weighted by atomic mass is 35.5. The molecule has 1 amide bonds. The van der Waals surface area contributed by atoms with Gasteiger partial charge in [-0.15, -0.1) is 0 Å². The molecule has 0 bridgehead atoms. The maximum Gasteiger partial charge on any atom is 0.336 e. The van der Waals surface area contributed by atoms with E-state index in [0.29, 0.717) is 52.8 Å². The zero-order valence-corrected chi connectivity index (χ0v) is 22.8. The van der Waals surface area contributed by atoms with Crippen molar-refractivity contribution >= 4 is 36.1 Å². The predicted molar refractivity (Wildman–Crippen MR) is 147 cm³/mol. The van der Waals surface area contributed by atoms with Crippen LogP contribution >= 0.6 is 24.2 Å². The van der Waals surface area contributed by atoms with Gasteiger partial charge in [-0.05, 0) is 48.1 Å². The molecule has 0 saturated carbocycles. The van der Waals surface area contributed by atoms with Gasteiger partial charge in [0.2, 0.25) is 5.91 Å². The first-order valence-electron chi connectivity index (χ1n) is 12.0. The largest absolute Gasteiger partial charge is 0.478 e. The van der Waals surface area contributed by atoms with Crippen LogP contribution in [0.2, 0.25) is 5.15 Å². The van der Waals surface area contributed by atoms with Crippen LogP contribution in [-0.2, 0) is 11.3 Å². The number of amides is 1. The molecule has 0 unspecified atom stereocenters. The van der Waals surface area contributed by atoms with Crippen LogP contribution in [0.3, 0.4) is 0 Å². The van der Waals surface area contributed by atoms with Gasteiger partial charge in [0.1, 0.15) is 5.82 Å². The van der Waals surface area contributed by atoms with Crippen molar-refractivity contribution in [3.05, 3.63) is 70.8 Å². The minimum atomic E-state index is -1.01. The SMILES string of the molecule is CCCOc1nc(Cl)c(CNC(=O)[C@@H](CS)CC(C)C)[nH]1.O=C(O)c1ccccc1-c1cccc(F)c1. The molecule has 3 aromatic rings. The van der Waals surface area contributed by atoms with Gasteiger partial charge in [0, 0.05) is 11.7 Å². The Kier molecular flexibility index (Phi) is 12.5. The van der Waals surface area contributed by atoms with Crippen molar-refractivity contribution in [1.82, 2.24) is 15.3 Å². The predicted octanol–water partition coefficient (Wildman–Crippen LogP) is 6.25. The summed E-state index contributed by atoms with van der Waals surface area (Å²) in [5.74, 6) is -0.507. The van der Waals surface area contributed by atoms with Crippen molar-refractivity contribution in [3.63, 3.8) is 0 Å². The first-order valence-corrected chi connectivity index (χ1v) is 13.0. The molecular formula is C27H33ClFN3O4S. The number of carboxylic acids is 1. The van der Waals surface area contributed by atoms with Crippen molar-refractivity contribution in [1.29, 1.82) is 0 Å². The molecule has 200 valence electrons. The summed E-state index contributed by atoms with van der Waals surface area (Å²) in [4.78, 5) is 30.1. The summed E-state index contributed by atoms with van der Waals surface area (Å²) < 4.78 is 18.4. The van der Waals surface area contributed by atoms with E-state index in [-0.39, 0.29) is 23.2 Å². The van der Waals surface area contributed by atoms with Gasteiger partial charge < -0.3 is 20.1 Å². The van der Waals surface area contributed by atoms with E-state index in [1.165, 1.54) is 18.2 Å². The molecule has 0 aliphatic heterocycles. The molecule has 1 heterocycles. The number of thiol groups is 1. The summed E-state index contributed by atoms with van der Waals surface area (Å²) in [7, 11) is 0. The smallest absolute Gasteiger partial charge is 0.336 e. The third-order valence-corrected chi connectivity index (χ3v) is 5.98. The van der Waals surface area contributed by atoms with Gasteiger partial charge in [0.25, 0.3) is 6.01 Å². The molecule has 10 heteroatoms. The number of rotatable bonds is 11. The third kappa shape index (κ3) is 9.74. The summed E-state index contributed by atoms with van der Waals surface area (Å²) in [6.07, 6.45) is 1.71. The number of carbonyl (C=O) groups excluding carboxylic acids is 1. The van der Waals surface area contributed by atoms with Crippen LogP contribution in [0.4, 0.5) is 4.39 Å². The number of aromatic carboxylic acids is 1. The Labute approximate surface area is 227 Å². The molecule has 2 aromatic carbocycles. The van der Waals surface area contributed by atoms with Gasteiger partial charge in [-0.3, -0.25) is 4.79 Å². The van der Waals surface area contributed by atoms with Crippen LogP contribution in [0.25, 0.3) is 11.1 Å². The first-order chi connectivity index (χ1) is 17.7. The molecule has 0 fully saturated rings. The van der Waals surface area contributed by atoms with Crippen molar-refractivity contribution in [3.8, 4) is 17.1 Å². The lowest BCUT2D eigenvalue weighted by molar-refractivity contribution is -0.124. The number of ether oxygens (including phenoxy) is 1. The lowest BCUT2D eigenvalue weighted by Gasteiger charge is -2.16. The van der Waals surface area contributed by atoms with Crippen LogP contribution in [0.15, 0.2) is 48.5 Å². The Bertz CT molecular complexity index is 1170. The number of nitrogens with zero attached hydrogens (tertiary/aromatic N) is 1. The molecule has 0 aliphatic rings. The van der Waals surface area contributed by atoms with E-state index in [4.69, 9.17) is 21.4 Å². The lowest BCUT2D eigenvalue weighted by Crippen LogP contribution is -2.32. The van der Waals surface area contributed by atoms with Crippen LogP contribution in [0, 0.1) is 17.7 Å². The molecule has 0 radical (unpaired) electrons. The number of aromatic amines is 1. The van der Waals surface area contributed by atoms with Crippen molar-refractivity contribution < 1.29 is 23.8 Å². The molecule has 0 spiro atoms. The van der Waals surface area contributed by atoms with Gasteiger partial charge in [-0.25, -0.2) is 9.18 Å². The Balaban J connectivity index is 0.000000269. The monoisotopic (exact) mass is 549 g/mol. The molecule has 0 aliphatic carbocycles. The maximum atomic E-state index is 13.0. The van der Waals surface area contributed by atoms with Gasteiger partial charge in [-0.2, -0.15) is 17.6 Å². The number of nitrogens with one attached hydrogen (secondary N) is 2. The first kappa shape index (κ1) is 30.2. The van der Waals surface area contributed by atoms with E-state index >= 15 is 0 Å². The highest BCUT2D eigenvalue weighted by molar-refractivity contribution is 7.80. The van der Waals surface area contributed by atoms with Gasteiger partial charge in [0.05, 0.1) is 24.4 Å². The molecule has 1 atom stereocenters. The molecule has 37 heavy (non-hydrogen) atoms. The third-order valence-electron chi connectivity index (χ3n) is 5.23. The van der Waals surface area contributed by atoms with E-state index in [1.54, 1.807) is 30.3 Å². The van der Waals surface area contributed by atoms with Crippen molar-refractivity contribution in [2.75, 3.05) is 12.4 Å². The molecule has 3 rings (SSSR count). The Morgan fingerprint density at radius 3 is 2.57 bits per heavy atom. The van der Waals surface area contributed by atoms with Crippen molar-refractivity contribution in [2.45, 2.75) is 40.2 Å². The van der Waals surface area contributed by atoms with Gasteiger partial charge >= 0.3 is 5.97 Å². The number of aromatic nitrogens is 2. The normalized spacial score (nSPS) is 11.4. The topological polar surface area (TPSA) is 104 Å². The summed E-state index contributed by atoms with van der Waals surface area (Å²) in [5.41, 5.74) is 1.92. The number of carbonyl (C=O) groups is 2. The van der Waals surface area contributed by atoms with E-state index in [0.717, 1.165) is 12.8 Å². The highest BCUT2D eigenvalue weighted by Gasteiger charge is 2.19. The maximum absolute atomic E-state index is 13.0. The number of benzene rings is 2. The van der Waals surface area contributed by atoms with E-state index in [1.807, 2.05) is 6.92 Å². The fraction of sp³-hybridized carbons (Fsp3) is 0.370. The quantitative estimate of drug-likeness (QED) is 0.212. The van der Waals surface area contributed by atoms with Crippen LogP contribution in [0.1, 0.15) is 49.7 Å². The minimum Gasteiger partial charge on any atom is -0.478 e. The number of H-pyrrole nitrogens is 1. The second kappa shape index (κ2) is 15.3. The average molecular weight is 550 g/mol. The van der Waals surface area contributed by atoms with E-state index < -0.39 is 5.97 Å². The Morgan fingerprint density at radius 2 is 1.95 bits per heavy atom. The second-order valence-corrected chi connectivity index (χ2v) is 9.47. The Morgan fingerprint density at radius 1 is 1.22 bits per heavy atom. The average Bonchev–Trinajstić information content (AvgIpc) is 3.23. The number of imidazole rings is 1. The Hall–Kier alpha value is -3.04. The van der Waals surface area contributed by atoms with Gasteiger partial charge in [-0.1, -0.05) is 62.7 Å². The van der Waals surface area contributed by atoms with Crippen LogP contribution < -0.4 is 10.1 Å².